The first kappa shape index (κ1) is 58.4. The van der Waals surface area contributed by atoms with Gasteiger partial charge in [0.1, 0.15) is 13.2 Å². The molecule has 6 heteroatoms. The summed E-state index contributed by atoms with van der Waals surface area (Å²) in [5, 5.41) is 0. The summed E-state index contributed by atoms with van der Waals surface area (Å²) in [5.41, 5.74) is 0. The minimum atomic E-state index is -0.780. The number of unbranched alkanes of at least 4 members (excludes halogenated alkanes) is 28. The Morgan fingerprint density at radius 2 is 0.590 bits per heavy atom. The highest BCUT2D eigenvalue weighted by Gasteiger charge is 2.19. The van der Waals surface area contributed by atoms with E-state index in [1.807, 2.05) is 0 Å². The molecule has 0 heterocycles. The Labute approximate surface area is 378 Å². The van der Waals surface area contributed by atoms with E-state index in [1.54, 1.807) is 0 Å². The highest BCUT2D eigenvalue weighted by Crippen LogP contribution is 2.15. The Morgan fingerprint density at radius 3 is 0.934 bits per heavy atom. The lowest BCUT2D eigenvalue weighted by Crippen LogP contribution is -2.30. The molecule has 0 aliphatic carbocycles. The van der Waals surface area contributed by atoms with E-state index in [9.17, 15) is 14.4 Å². The van der Waals surface area contributed by atoms with E-state index in [-0.39, 0.29) is 31.1 Å². The summed E-state index contributed by atoms with van der Waals surface area (Å²) in [5.74, 6) is -0.895. The maximum Gasteiger partial charge on any atom is 0.306 e. The summed E-state index contributed by atoms with van der Waals surface area (Å²) in [6.07, 6.45) is 59.4. The number of rotatable bonds is 47. The van der Waals surface area contributed by atoms with Crippen molar-refractivity contribution in [3.8, 4) is 0 Å². The molecule has 0 radical (unpaired) electrons. The summed E-state index contributed by atoms with van der Waals surface area (Å²) in [7, 11) is 0. The highest BCUT2D eigenvalue weighted by atomic mass is 16.6. The molecular formula is C55H98O6. The van der Waals surface area contributed by atoms with Crippen molar-refractivity contribution in [3.05, 3.63) is 48.6 Å². The summed E-state index contributed by atoms with van der Waals surface area (Å²) in [4.78, 5) is 37.9. The van der Waals surface area contributed by atoms with Gasteiger partial charge in [0.15, 0.2) is 6.10 Å². The summed E-state index contributed by atoms with van der Waals surface area (Å²) < 4.78 is 16.8. The van der Waals surface area contributed by atoms with Crippen molar-refractivity contribution in [2.24, 2.45) is 0 Å². The third-order valence-electron chi connectivity index (χ3n) is 11.3. The molecule has 354 valence electrons. The Hall–Kier alpha value is -2.63. The van der Waals surface area contributed by atoms with Crippen molar-refractivity contribution in [1.82, 2.24) is 0 Å². The van der Waals surface area contributed by atoms with E-state index in [0.717, 1.165) is 96.3 Å². The second-order valence-electron chi connectivity index (χ2n) is 17.4. The highest BCUT2D eigenvalue weighted by molar-refractivity contribution is 5.71. The largest absolute Gasteiger partial charge is 0.462 e. The average molecular weight is 855 g/mol. The smallest absolute Gasteiger partial charge is 0.306 e. The molecular weight excluding hydrogens is 757 g/mol. The van der Waals surface area contributed by atoms with E-state index in [1.165, 1.54) is 128 Å². The molecule has 0 aromatic rings. The first-order chi connectivity index (χ1) is 30.0. The quantitative estimate of drug-likeness (QED) is 0.0263. The molecule has 1 atom stereocenters. The maximum absolute atomic E-state index is 12.8. The van der Waals surface area contributed by atoms with Crippen molar-refractivity contribution < 1.29 is 28.6 Å². The predicted octanol–water partition coefficient (Wildman–Crippen LogP) is 17.1. The first-order valence-electron chi connectivity index (χ1n) is 26.1. The van der Waals surface area contributed by atoms with Gasteiger partial charge in [0.2, 0.25) is 0 Å². The molecule has 0 unspecified atom stereocenters. The van der Waals surface area contributed by atoms with Gasteiger partial charge in [-0.25, -0.2) is 0 Å². The van der Waals surface area contributed by atoms with Gasteiger partial charge in [0.05, 0.1) is 0 Å². The lowest BCUT2D eigenvalue weighted by molar-refractivity contribution is -0.167. The van der Waals surface area contributed by atoms with Crippen molar-refractivity contribution >= 4 is 17.9 Å². The molecule has 0 N–H and O–H groups in total. The fourth-order valence-corrected chi connectivity index (χ4v) is 7.33. The molecule has 0 rings (SSSR count). The van der Waals surface area contributed by atoms with Crippen molar-refractivity contribution in [3.63, 3.8) is 0 Å². The fourth-order valence-electron chi connectivity index (χ4n) is 7.33. The minimum Gasteiger partial charge on any atom is -0.462 e. The Bertz CT molecular complexity index is 1070. The van der Waals surface area contributed by atoms with Gasteiger partial charge in [0.25, 0.3) is 0 Å². The van der Waals surface area contributed by atoms with E-state index in [4.69, 9.17) is 14.2 Å². The molecule has 0 spiro atoms. The van der Waals surface area contributed by atoms with Crippen LogP contribution in [0.4, 0.5) is 0 Å². The van der Waals surface area contributed by atoms with Crippen LogP contribution in [0.3, 0.4) is 0 Å². The standard InChI is InChI=1S/C55H98O6/c1-4-7-10-13-16-19-22-24-26-27-29-30-33-36-39-42-45-48-54(57)60-51-52(50-59-53(56)47-44-41-38-35-32-21-18-15-12-9-6-3)61-55(58)49-46-43-40-37-34-31-28-25-23-20-17-14-11-8-5-2/h16-17,19-20,24-26,28,52H,4-15,18,21-23,27,29-51H2,1-3H3/b19-16-,20-17-,26-24-,28-25-/t52-/m1/s1. The minimum absolute atomic E-state index is 0.0793. The van der Waals surface area contributed by atoms with Crippen molar-refractivity contribution in [2.45, 2.75) is 271 Å². The van der Waals surface area contributed by atoms with Gasteiger partial charge < -0.3 is 14.2 Å². The predicted molar refractivity (Wildman–Crippen MR) is 261 cm³/mol. The van der Waals surface area contributed by atoms with Crippen LogP contribution in [0.2, 0.25) is 0 Å². The summed E-state index contributed by atoms with van der Waals surface area (Å²) >= 11 is 0. The fraction of sp³-hybridized carbons (Fsp3) is 0.800. The SMILES string of the molecule is CCCCC/C=C\C/C=C\CCCCCCCCCC(=O)OC[C@@H](COC(=O)CCCCCCCCCCCCC)OC(=O)CCCCCCC/C=C\C/C=C\CCCCC. The normalized spacial score (nSPS) is 12.4. The number of ether oxygens (including phenoxy) is 3. The van der Waals surface area contributed by atoms with Crippen LogP contribution >= 0.6 is 0 Å². The van der Waals surface area contributed by atoms with Crippen LogP contribution in [0.1, 0.15) is 265 Å². The van der Waals surface area contributed by atoms with Gasteiger partial charge >= 0.3 is 17.9 Å². The maximum atomic E-state index is 12.8. The van der Waals surface area contributed by atoms with Crippen LogP contribution in [0.15, 0.2) is 48.6 Å². The molecule has 6 nitrogen and oxygen atoms in total. The number of hydrogen-bond donors (Lipinski definition) is 0. The van der Waals surface area contributed by atoms with Crippen LogP contribution in [0, 0.1) is 0 Å². The number of allylic oxidation sites excluding steroid dienone is 8. The van der Waals surface area contributed by atoms with Crippen LogP contribution in [0.5, 0.6) is 0 Å². The first-order valence-corrected chi connectivity index (χ1v) is 26.1. The molecule has 0 aromatic carbocycles. The molecule has 0 aliphatic heterocycles. The van der Waals surface area contributed by atoms with E-state index in [0.29, 0.717) is 19.3 Å². The molecule has 0 amide bonds. The zero-order valence-corrected chi connectivity index (χ0v) is 40.4. The van der Waals surface area contributed by atoms with E-state index in [2.05, 4.69) is 69.4 Å². The number of carbonyl (C=O) groups excluding carboxylic acids is 3. The second kappa shape index (κ2) is 50.0. The van der Waals surface area contributed by atoms with Crippen LogP contribution < -0.4 is 0 Å². The van der Waals surface area contributed by atoms with Crippen molar-refractivity contribution in [2.75, 3.05) is 13.2 Å². The molecule has 0 saturated carbocycles. The monoisotopic (exact) mass is 855 g/mol. The number of hydrogen-bond acceptors (Lipinski definition) is 6. The second-order valence-corrected chi connectivity index (χ2v) is 17.4. The average Bonchev–Trinajstić information content (AvgIpc) is 3.26. The Morgan fingerprint density at radius 1 is 0.328 bits per heavy atom. The molecule has 0 aromatic heterocycles. The van der Waals surface area contributed by atoms with Crippen LogP contribution in [-0.4, -0.2) is 37.2 Å². The van der Waals surface area contributed by atoms with Gasteiger partial charge in [-0.2, -0.15) is 0 Å². The zero-order chi connectivity index (χ0) is 44.4. The summed E-state index contributed by atoms with van der Waals surface area (Å²) in [6, 6.07) is 0. The molecule has 0 bridgehead atoms. The lowest BCUT2D eigenvalue weighted by Gasteiger charge is -2.18. The zero-order valence-electron chi connectivity index (χ0n) is 40.4. The van der Waals surface area contributed by atoms with Crippen LogP contribution in [-0.2, 0) is 28.6 Å². The van der Waals surface area contributed by atoms with Gasteiger partial charge in [0, 0.05) is 19.3 Å². The number of carbonyl (C=O) groups is 3. The number of esters is 3. The lowest BCUT2D eigenvalue weighted by atomic mass is 10.1. The molecule has 0 aliphatic rings. The molecule has 0 saturated heterocycles. The summed E-state index contributed by atoms with van der Waals surface area (Å²) in [6.45, 7) is 6.57. The van der Waals surface area contributed by atoms with E-state index < -0.39 is 6.10 Å². The van der Waals surface area contributed by atoms with Gasteiger partial charge in [-0.15, -0.1) is 0 Å². The van der Waals surface area contributed by atoms with Gasteiger partial charge in [-0.05, 0) is 83.5 Å². The molecule has 0 fully saturated rings. The topological polar surface area (TPSA) is 78.9 Å². The third kappa shape index (κ3) is 48.3. The molecule has 61 heavy (non-hydrogen) atoms. The van der Waals surface area contributed by atoms with E-state index >= 15 is 0 Å². The van der Waals surface area contributed by atoms with Crippen molar-refractivity contribution in [1.29, 1.82) is 0 Å². The van der Waals surface area contributed by atoms with Gasteiger partial charge in [-0.1, -0.05) is 211 Å². The third-order valence-corrected chi connectivity index (χ3v) is 11.3. The Balaban J connectivity index is 4.38. The van der Waals surface area contributed by atoms with Crippen LogP contribution in [0.25, 0.3) is 0 Å². The Kier molecular flexibility index (Phi) is 47.9. The van der Waals surface area contributed by atoms with Gasteiger partial charge in [-0.3, -0.25) is 14.4 Å².